The van der Waals surface area contributed by atoms with Crippen LogP contribution in [0.15, 0.2) is 42.5 Å². The summed E-state index contributed by atoms with van der Waals surface area (Å²) in [6.07, 6.45) is 0.854. The average molecular weight is 261 g/mol. The van der Waals surface area contributed by atoms with Gasteiger partial charge in [-0.2, -0.15) is 0 Å². The van der Waals surface area contributed by atoms with Crippen molar-refractivity contribution in [2.45, 2.75) is 0 Å². The number of carbonyl (C=O) groups excluding carboxylic acids is 1. The zero-order valence-electron chi connectivity index (χ0n) is 10.9. The first-order valence-corrected chi connectivity index (χ1v) is 6.38. The Balaban J connectivity index is 2.25. The summed E-state index contributed by atoms with van der Waals surface area (Å²) in [5.41, 5.74) is 5.10. The van der Waals surface area contributed by atoms with Gasteiger partial charge in [0, 0.05) is 18.0 Å². The molecule has 0 atom stereocenters. The van der Waals surface area contributed by atoms with E-state index in [-0.39, 0.29) is 0 Å². The SMILES string of the molecule is Cn1c2ccc(C=O)cc2c2nc3ccccc3nc21. The molecule has 20 heavy (non-hydrogen) atoms. The predicted octanol–water partition coefficient (Wildman–Crippen LogP) is 3.09. The fourth-order valence-electron chi connectivity index (χ4n) is 2.63. The average Bonchev–Trinajstić information content (AvgIpc) is 2.77. The molecule has 0 aliphatic carbocycles. The molecule has 2 heterocycles. The van der Waals surface area contributed by atoms with Gasteiger partial charge in [0.15, 0.2) is 5.65 Å². The minimum Gasteiger partial charge on any atom is -0.327 e. The van der Waals surface area contributed by atoms with Crippen LogP contribution in [0.25, 0.3) is 33.1 Å². The van der Waals surface area contributed by atoms with Crippen molar-refractivity contribution in [3.8, 4) is 0 Å². The van der Waals surface area contributed by atoms with Gasteiger partial charge in [-0.15, -0.1) is 0 Å². The standard InChI is InChI=1S/C16H11N3O/c1-19-14-7-6-10(9-20)8-11(14)15-16(19)18-13-5-3-2-4-12(13)17-15/h2-9H,1H3. The van der Waals surface area contributed by atoms with Crippen LogP contribution in [0.4, 0.5) is 0 Å². The fraction of sp³-hybridized carbons (Fsp3) is 0.0625. The molecule has 0 radical (unpaired) electrons. The molecule has 0 fully saturated rings. The highest BCUT2D eigenvalue weighted by Gasteiger charge is 2.12. The van der Waals surface area contributed by atoms with E-state index in [1.54, 1.807) is 0 Å². The molecule has 0 unspecified atom stereocenters. The summed E-state index contributed by atoms with van der Waals surface area (Å²) < 4.78 is 2.01. The van der Waals surface area contributed by atoms with E-state index in [9.17, 15) is 4.79 Å². The Morgan fingerprint density at radius 2 is 1.80 bits per heavy atom. The number of benzene rings is 2. The number of aldehydes is 1. The lowest BCUT2D eigenvalue weighted by atomic mass is 10.1. The summed E-state index contributed by atoms with van der Waals surface area (Å²) in [5.74, 6) is 0. The van der Waals surface area contributed by atoms with Crippen molar-refractivity contribution in [2.75, 3.05) is 0 Å². The molecule has 0 saturated heterocycles. The largest absolute Gasteiger partial charge is 0.327 e. The maximum atomic E-state index is 11.0. The van der Waals surface area contributed by atoms with Gasteiger partial charge in [0.1, 0.15) is 11.8 Å². The van der Waals surface area contributed by atoms with Crippen molar-refractivity contribution in [3.05, 3.63) is 48.0 Å². The maximum absolute atomic E-state index is 11.0. The Morgan fingerprint density at radius 1 is 1.05 bits per heavy atom. The van der Waals surface area contributed by atoms with Crippen LogP contribution < -0.4 is 0 Å². The Hall–Kier alpha value is -2.75. The molecule has 2 aromatic heterocycles. The Kier molecular flexibility index (Phi) is 2.15. The van der Waals surface area contributed by atoms with Gasteiger partial charge in [-0.05, 0) is 30.3 Å². The topological polar surface area (TPSA) is 47.8 Å². The summed E-state index contributed by atoms with van der Waals surface area (Å²) in [4.78, 5) is 20.3. The Bertz CT molecular complexity index is 985. The van der Waals surface area contributed by atoms with Crippen molar-refractivity contribution < 1.29 is 4.79 Å². The minimum absolute atomic E-state index is 0.653. The van der Waals surface area contributed by atoms with Gasteiger partial charge in [-0.25, -0.2) is 9.97 Å². The van der Waals surface area contributed by atoms with E-state index in [1.165, 1.54) is 0 Å². The fourth-order valence-corrected chi connectivity index (χ4v) is 2.63. The van der Waals surface area contributed by atoms with E-state index in [0.717, 1.165) is 39.4 Å². The smallest absolute Gasteiger partial charge is 0.160 e. The minimum atomic E-state index is 0.653. The van der Waals surface area contributed by atoms with Crippen LogP contribution >= 0.6 is 0 Å². The van der Waals surface area contributed by atoms with E-state index in [0.29, 0.717) is 5.56 Å². The third kappa shape index (κ3) is 1.39. The number of rotatable bonds is 1. The second-order valence-electron chi connectivity index (χ2n) is 4.84. The molecule has 2 aromatic carbocycles. The van der Waals surface area contributed by atoms with Crippen LogP contribution in [-0.4, -0.2) is 20.8 Å². The van der Waals surface area contributed by atoms with Crippen LogP contribution in [-0.2, 0) is 7.05 Å². The lowest BCUT2D eigenvalue weighted by Crippen LogP contribution is -1.91. The molecule has 0 aliphatic heterocycles. The zero-order chi connectivity index (χ0) is 13.7. The number of nitrogens with zero attached hydrogens (tertiary/aromatic N) is 3. The third-order valence-corrected chi connectivity index (χ3v) is 3.64. The van der Waals surface area contributed by atoms with Crippen LogP contribution in [0.5, 0.6) is 0 Å². The highest BCUT2D eigenvalue weighted by atomic mass is 16.1. The van der Waals surface area contributed by atoms with Gasteiger partial charge in [0.25, 0.3) is 0 Å². The summed E-state index contributed by atoms with van der Waals surface area (Å²) in [5, 5.41) is 0.963. The van der Waals surface area contributed by atoms with Crippen molar-refractivity contribution in [2.24, 2.45) is 7.05 Å². The molecule has 0 aliphatic rings. The van der Waals surface area contributed by atoms with Gasteiger partial charge in [0.2, 0.25) is 0 Å². The molecule has 0 bridgehead atoms. The highest BCUT2D eigenvalue weighted by molar-refractivity contribution is 6.07. The number of hydrogen-bond donors (Lipinski definition) is 0. The zero-order valence-corrected chi connectivity index (χ0v) is 10.9. The number of carbonyl (C=O) groups is 1. The van der Waals surface area contributed by atoms with Crippen LogP contribution in [0.2, 0.25) is 0 Å². The van der Waals surface area contributed by atoms with Crippen LogP contribution in [0.3, 0.4) is 0 Å². The molecule has 4 heteroatoms. The second kappa shape index (κ2) is 3.87. The molecule has 4 aromatic rings. The number of hydrogen-bond acceptors (Lipinski definition) is 3. The summed E-state index contributed by atoms with van der Waals surface area (Å²) >= 11 is 0. The van der Waals surface area contributed by atoms with Gasteiger partial charge < -0.3 is 4.57 Å². The number of para-hydroxylation sites is 2. The Morgan fingerprint density at radius 3 is 2.55 bits per heavy atom. The monoisotopic (exact) mass is 261 g/mol. The molecular formula is C16H11N3O. The predicted molar refractivity (Wildman–Crippen MR) is 78.9 cm³/mol. The molecule has 4 nitrogen and oxygen atoms in total. The van der Waals surface area contributed by atoms with E-state index in [4.69, 9.17) is 4.98 Å². The molecule has 0 N–H and O–H groups in total. The van der Waals surface area contributed by atoms with Crippen LogP contribution in [0, 0.1) is 0 Å². The third-order valence-electron chi connectivity index (χ3n) is 3.64. The molecule has 0 amide bonds. The summed E-state index contributed by atoms with van der Waals surface area (Å²) in [6.45, 7) is 0. The van der Waals surface area contributed by atoms with E-state index < -0.39 is 0 Å². The van der Waals surface area contributed by atoms with Crippen molar-refractivity contribution in [3.63, 3.8) is 0 Å². The molecular weight excluding hydrogens is 250 g/mol. The second-order valence-corrected chi connectivity index (χ2v) is 4.84. The van der Waals surface area contributed by atoms with Gasteiger partial charge in [0.05, 0.1) is 16.6 Å². The first kappa shape index (κ1) is 11.1. The number of aryl methyl sites for hydroxylation is 1. The van der Waals surface area contributed by atoms with Crippen molar-refractivity contribution >= 4 is 39.4 Å². The number of fused-ring (bicyclic) bond motifs is 4. The van der Waals surface area contributed by atoms with Gasteiger partial charge in [-0.3, -0.25) is 4.79 Å². The van der Waals surface area contributed by atoms with Crippen LogP contribution in [0.1, 0.15) is 10.4 Å². The van der Waals surface area contributed by atoms with E-state index >= 15 is 0 Å². The first-order valence-electron chi connectivity index (χ1n) is 6.38. The lowest BCUT2D eigenvalue weighted by molar-refractivity contribution is 0.112. The first-order chi connectivity index (χ1) is 9.78. The van der Waals surface area contributed by atoms with E-state index in [1.807, 2.05) is 54.1 Å². The summed E-state index contributed by atoms with van der Waals surface area (Å²) in [6, 6.07) is 13.4. The molecule has 0 saturated carbocycles. The molecule has 96 valence electrons. The van der Waals surface area contributed by atoms with Crippen molar-refractivity contribution in [1.29, 1.82) is 0 Å². The van der Waals surface area contributed by atoms with E-state index in [2.05, 4.69) is 4.98 Å². The van der Waals surface area contributed by atoms with Crippen molar-refractivity contribution in [1.82, 2.24) is 14.5 Å². The molecule has 0 spiro atoms. The highest BCUT2D eigenvalue weighted by Crippen LogP contribution is 2.27. The Labute approximate surface area is 114 Å². The van der Waals surface area contributed by atoms with Gasteiger partial charge in [-0.1, -0.05) is 12.1 Å². The summed E-state index contributed by atoms with van der Waals surface area (Å²) in [7, 11) is 1.97. The molecule has 4 rings (SSSR count). The number of aromatic nitrogens is 3. The quantitative estimate of drug-likeness (QED) is 0.495. The van der Waals surface area contributed by atoms with Gasteiger partial charge >= 0.3 is 0 Å². The normalized spacial score (nSPS) is 11.4. The maximum Gasteiger partial charge on any atom is 0.160 e. The lowest BCUT2D eigenvalue weighted by Gasteiger charge is -1.98.